The topological polar surface area (TPSA) is 29.1 Å². The molecule has 0 heterocycles. The van der Waals surface area contributed by atoms with Crippen molar-refractivity contribution in [1.29, 1.82) is 0 Å². The first-order valence-corrected chi connectivity index (χ1v) is 6.60. The van der Waals surface area contributed by atoms with Gasteiger partial charge in [-0.25, -0.2) is 0 Å². The van der Waals surface area contributed by atoms with E-state index in [1.807, 2.05) is 31.2 Å². The number of hydrogen-bond donors (Lipinski definition) is 1. The fraction of sp³-hybridized carbons (Fsp3) is 0.133. The molecule has 2 nitrogen and oxygen atoms in total. The molecule has 2 aromatic rings. The Morgan fingerprint density at radius 1 is 1.11 bits per heavy atom. The van der Waals surface area contributed by atoms with Crippen molar-refractivity contribution >= 4 is 34.8 Å². The molecule has 2 aromatic carbocycles. The second-order valence-electron chi connectivity index (χ2n) is 4.31. The van der Waals surface area contributed by atoms with E-state index in [0.29, 0.717) is 22.2 Å². The monoisotopic (exact) mass is 293 g/mol. The van der Waals surface area contributed by atoms with Gasteiger partial charge in [-0.3, -0.25) is 4.79 Å². The van der Waals surface area contributed by atoms with Gasteiger partial charge in [-0.05, 0) is 36.2 Å². The van der Waals surface area contributed by atoms with Gasteiger partial charge < -0.3 is 5.32 Å². The molecule has 0 bridgehead atoms. The number of anilines is 1. The van der Waals surface area contributed by atoms with E-state index < -0.39 is 0 Å². The Bertz CT molecular complexity index is 591. The Morgan fingerprint density at radius 3 is 2.37 bits per heavy atom. The maximum absolute atomic E-state index is 12.0. The molecule has 0 saturated heterocycles. The van der Waals surface area contributed by atoms with Crippen molar-refractivity contribution in [1.82, 2.24) is 0 Å². The number of hydrogen-bond acceptors (Lipinski definition) is 1. The van der Waals surface area contributed by atoms with Crippen LogP contribution in [0.5, 0.6) is 0 Å². The summed E-state index contributed by atoms with van der Waals surface area (Å²) in [5.74, 6) is -0.0902. The van der Waals surface area contributed by atoms with Crippen LogP contribution in [0.3, 0.4) is 0 Å². The summed E-state index contributed by atoms with van der Waals surface area (Å²) >= 11 is 11.8. The third-order valence-electron chi connectivity index (χ3n) is 2.76. The molecule has 0 atom stereocenters. The minimum absolute atomic E-state index is 0.0902. The highest BCUT2D eigenvalue weighted by Gasteiger charge is 2.07. The average molecular weight is 294 g/mol. The van der Waals surface area contributed by atoms with Crippen LogP contribution in [0.2, 0.25) is 10.0 Å². The predicted molar refractivity (Wildman–Crippen MR) is 80.0 cm³/mol. The van der Waals surface area contributed by atoms with Crippen molar-refractivity contribution in [2.45, 2.75) is 13.3 Å². The highest BCUT2D eigenvalue weighted by Crippen LogP contribution is 2.22. The Kier molecular flexibility index (Phi) is 4.46. The van der Waals surface area contributed by atoms with Crippen LogP contribution < -0.4 is 5.32 Å². The minimum Gasteiger partial charge on any atom is -0.326 e. The summed E-state index contributed by atoms with van der Waals surface area (Å²) < 4.78 is 0. The van der Waals surface area contributed by atoms with Crippen LogP contribution in [0.4, 0.5) is 5.69 Å². The summed E-state index contributed by atoms with van der Waals surface area (Å²) in [5.41, 5.74) is 2.71. The standard InChI is InChI=1S/C15H13Cl2NO/c1-10-4-2-3-5-11(10)6-15(19)18-14-8-12(16)7-13(17)9-14/h2-5,7-9H,6H2,1H3,(H,18,19). The van der Waals surface area contributed by atoms with Crippen LogP contribution in [-0.4, -0.2) is 5.91 Å². The number of nitrogens with one attached hydrogen (secondary N) is 1. The quantitative estimate of drug-likeness (QED) is 0.888. The summed E-state index contributed by atoms with van der Waals surface area (Å²) in [6, 6.07) is 12.8. The SMILES string of the molecule is Cc1ccccc1CC(=O)Nc1cc(Cl)cc(Cl)c1. The Hall–Kier alpha value is -1.51. The van der Waals surface area contributed by atoms with Gasteiger partial charge in [0.1, 0.15) is 0 Å². The van der Waals surface area contributed by atoms with Gasteiger partial charge in [0.15, 0.2) is 0 Å². The van der Waals surface area contributed by atoms with Crippen molar-refractivity contribution in [3.63, 3.8) is 0 Å². The van der Waals surface area contributed by atoms with E-state index in [1.165, 1.54) is 0 Å². The molecule has 0 unspecified atom stereocenters. The average Bonchev–Trinajstić information content (AvgIpc) is 2.30. The van der Waals surface area contributed by atoms with E-state index in [4.69, 9.17) is 23.2 Å². The molecule has 98 valence electrons. The van der Waals surface area contributed by atoms with E-state index >= 15 is 0 Å². The second-order valence-corrected chi connectivity index (χ2v) is 5.18. The summed E-state index contributed by atoms with van der Waals surface area (Å²) in [7, 11) is 0. The molecule has 0 aromatic heterocycles. The molecule has 0 fully saturated rings. The highest BCUT2D eigenvalue weighted by molar-refractivity contribution is 6.35. The van der Waals surface area contributed by atoms with E-state index in [2.05, 4.69) is 5.32 Å². The van der Waals surface area contributed by atoms with Gasteiger partial charge >= 0.3 is 0 Å². The van der Waals surface area contributed by atoms with E-state index in [-0.39, 0.29) is 5.91 Å². The van der Waals surface area contributed by atoms with Crippen molar-refractivity contribution in [3.05, 3.63) is 63.6 Å². The fourth-order valence-electron chi connectivity index (χ4n) is 1.81. The van der Waals surface area contributed by atoms with Crippen LogP contribution >= 0.6 is 23.2 Å². The Morgan fingerprint density at radius 2 is 1.74 bits per heavy atom. The van der Waals surface area contributed by atoms with Crippen molar-refractivity contribution in [3.8, 4) is 0 Å². The fourth-order valence-corrected chi connectivity index (χ4v) is 2.34. The molecule has 1 amide bonds. The van der Waals surface area contributed by atoms with Gasteiger partial charge in [0, 0.05) is 15.7 Å². The van der Waals surface area contributed by atoms with E-state index in [1.54, 1.807) is 18.2 Å². The Balaban J connectivity index is 2.07. The summed E-state index contributed by atoms with van der Waals surface area (Å²) in [5, 5.41) is 3.79. The number of halogens is 2. The van der Waals surface area contributed by atoms with Gasteiger partial charge in [0.25, 0.3) is 0 Å². The zero-order valence-corrected chi connectivity index (χ0v) is 11.9. The number of aryl methyl sites for hydroxylation is 1. The third-order valence-corrected chi connectivity index (χ3v) is 3.20. The van der Waals surface area contributed by atoms with Gasteiger partial charge in [-0.1, -0.05) is 47.5 Å². The van der Waals surface area contributed by atoms with Crippen LogP contribution in [0.15, 0.2) is 42.5 Å². The largest absolute Gasteiger partial charge is 0.326 e. The first kappa shape index (κ1) is 13.9. The lowest BCUT2D eigenvalue weighted by Gasteiger charge is -2.08. The van der Waals surface area contributed by atoms with Gasteiger partial charge in [0.2, 0.25) is 5.91 Å². The van der Waals surface area contributed by atoms with Gasteiger partial charge in [-0.15, -0.1) is 0 Å². The zero-order valence-electron chi connectivity index (χ0n) is 10.4. The first-order chi connectivity index (χ1) is 9.04. The minimum atomic E-state index is -0.0902. The molecule has 0 radical (unpaired) electrons. The molecule has 0 aliphatic carbocycles. The lowest BCUT2D eigenvalue weighted by Crippen LogP contribution is -2.15. The molecule has 0 aliphatic rings. The van der Waals surface area contributed by atoms with Crippen LogP contribution in [0, 0.1) is 6.92 Å². The first-order valence-electron chi connectivity index (χ1n) is 5.85. The zero-order chi connectivity index (χ0) is 13.8. The van der Waals surface area contributed by atoms with Crippen molar-refractivity contribution in [2.24, 2.45) is 0 Å². The van der Waals surface area contributed by atoms with Crippen LogP contribution in [0.25, 0.3) is 0 Å². The predicted octanol–water partition coefficient (Wildman–Crippen LogP) is 4.48. The maximum Gasteiger partial charge on any atom is 0.228 e. The molecule has 4 heteroatoms. The molecule has 19 heavy (non-hydrogen) atoms. The molecule has 1 N–H and O–H groups in total. The third kappa shape index (κ3) is 3.98. The molecule has 2 rings (SSSR count). The second kappa shape index (κ2) is 6.09. The smallest absolute Gasteiger partial charge is 0.228 e. The molecular weight excluding hydrogens is 281 g/mol. The number of rotatable bonds is 3. The molecular formula is C15H13Cl2NO. The lowest BCUT2D eigenvalue weighted by atomic mass is 10.1. The number of carbonyl (C=O) groups is 1. The van der Waals surface area contributed by atoms with Crippen LogP contribution in [-0.2, 0) is 11.2 Å². The highest BCUT2D eigenvalue weighted by atomic mass is 35.5. The Labute approximate surface area is 122 Å². The van der Waals surface area contributed by atoms with Crippen molar-refractivity contribution < 1.29 is 4.79 Å². The summed E-state index contributed by atoms with van der Waals surface area (Å²) in [6.45, 7) is 1.98. The molecule has 0 aliphatic heterocycles. The van der Waals surface area contributed by atoms with Crippen LogP contribution in [0.1, 0.15) is 11.1 Å². The number of benzene rings is 2. The molecule has 0 spiro atoms. The van der Waals surface area contributed by atoms with Gasteiger partial charge in [0.05, 0.1) is 6.42 Å². The lowest BCUT2D eigenvalue weighted by molar-refractivity contribution is -0.115. The van der Waals surface area contributed by atoms with Crippen molar-refractivity contribution in [2.75, 3.05) is 5.32 Å². The van der Waals surface area contributed by atoms with E-state index in [0.717, 1.165) is 11.1 Å². The van der Waals surface area contributed by atoms with Gasteiger partial charge in [-0.2, -0.15) is 0 Å². The normalized spacial score (nSPS) is 10.3. The number of carbonyl (C=O) groups excluding carboxylic acids is 1. The van der Waals surface area contributed by atoms with E-state index in [9.17, 15) is 4.79 Å². The number of amides is 1. The summed E-state index contributed by atoms with van der Waals surface area (Å²) in [4.78, 5) is 12.0. The maximum atomic E-state index is 12.0. The molecule has 0 saturated carbocycles. The summed E-state index contributed by atoms with van der Waals surface area (Å²) in [6.07, 6.45) is 0.330.